The van der Waals surface area contributed by atoms with E-state index in [0.29, 0.717) is 0 Å². The maximum absolute atomic E-state index is 6.77. The molecule has 0 N–H and O–H groups in total. The number of rotatable bonds is 3. The van der Waals surface area contributed by atoms with Crippen molar-refractivity contribution in [2.24, 2.45) is 0 Å². The Morgan fingerprint density at radius 1 is 0.905 bits per heavy atom. The fraction of sp³-hybridized carbons (Fsp3) is 0.158. The van der Waals surface area contributed by atoms with Crippen LogP contribution in [0.5, 0.6) is 5.75 Å². The first-order valence-electron chi connectivity index (χ1n) is 6.97. The Labute approximate surface area is 130 Å². The number of halogens is 1. The molecule has 0 aliphatic carbocycles. The summed E-state index contributed by atoms with van der Waals surface area (Å²) in [5.41, 5.74) is 3.40. The van der Waals surface area contributed by atoms with E-state index in [1.165, 1.54) is 10.8 Å². The van der Waals surface area contributed by atoms with Gasteiger partial charge in [0.15, 0.2) is 0 Å². The molecule has 0 bridgehead atoms. The second-order valence-electron chi connectivity index (χ2n) is 5.15. The molecule has 3 aromatic carbocycles. The predicted molar refractivity (Wildman–Crippen MR) is 89.4 cm³/mol. The molecule has 0 saturated heterocycles. The van der Waals surface area contributed by atoms with E-state index in [9.17, 15) is 0 Å². The summed E-state index contributed by atoms with van der Waals surface area (Å²) < 4.78 is 5.26. The van der Waals surface area contributed by atoms with Crippen LogP contribution in [-0.4, -0.2) is 7.11 Å². The molecule has 1 nitrogen and oxygen atoms in total. The van der Waals surface area contributed by atoms with Gasteiger partial charge in [-0.3, -0.25) is 0 Å². The highest BCUT2D eigenvalue weighted by atomic mass is 35.5. The Kier molecular flexibility index (Phi) is 3.85. The quantitative estimate of drug-likeness (QED) is 0.581. The fourth-order valence-electron chi connectivity index (χ4n) is 2.70. The third-order valence-corrected chi connectivity index (χ3v) is 4.32. The molecule has 0 aliphatic heterocycles. The summed E-state index contributed by atoms with van der Waals surface area (Å²) in [5.74, 6) is 0.859. The van der Waals surface area contributed by atoms with Gasteiger partial charge in [-0.05, 0) is 46.5 Å². The van der Waals surface area contributed by atoms with E-state index in [1.807, 2.05) is 24.3 Å². The molecule has 0 heterocycles. The summed E-state index contributed by atoms with van der Waals surface area (Å²) in [7, 11) is 1.68. The van der Waals surface area contributed by atoms with E-state index in [1.54, 1.807) is 7.11 Å². The minimum absolute atomic E-state index is 0.165. The molecule has 0 saturated carbocycles. The number of hydrogen-bond donors (Lipinski definition) is 0. The largest absolute Gasteiger partial charge is 0.497 e. The molecule has 2 heteroatoms. The molecule has 0 spiro atoms. The molecule has 21 heavy (non-hydrogen) atoms. The fourth-order valence-corrected chi connectivity index (χ4v) is 3.13. The lowest BCUT2D eigenvalue weighted by atomic mass is 9.95. The van der Waals surface area contributed by atoms with Crippen LogP contribution in [0.3, 0.4) is 0 Å². The van der Waals surface area contributed by atoms with Crippen molar-refractivity contribution in [2.45, 2.75) is 12.3 Å². The lowest BCUT2D eigenvalue weighted by Gasteiger charge is -2.16. The molecular formula is C19H17ClO. The van der Waals surface area contributed by atoms with Crippen LogP contribution in [0.1, 0.15) is 22.1 Å². The molecule has 106 valence electrons. The summed E-state index contributed by atoms with van der Waals surface area (Å²) in [6, 6.07) is 20.7. The van der Waals surface area contributed by atoms with Crippen molar-refractivity contribution < 1.29 is 4.74 Å². The van der Waals surface area contributed by atoms with E-state index in [-0.39, 0.29) is 5.38 Å². The zero-order valence-electron chi connectivity index (χ0n) is 12.1. The van der Waals surface area contributed by atoms with Crippen LogP contribution < -0.4 is 4.74 Å². The monoisotopic (exact) mass is 296 g/mol. The molecule has 1 atom stereocenters. The minimum Gasteiger partial charge on any atom is -0.497 e. The number of fused-ring (bicyclic) bond motifs is 1. The molecule has 3 aromatic rings. The van der Waals surface area contributed by atoms with Gasteiger partial charge in [0.25, 0.3) is 0 Å². The Balaban J connectivity index is 2.10. The highest BCUT2D eigenvalue weighted by Crippen LogP contribution is 2.36. The van der Waals surface area contributed by atoms with Crippen molar-refractivity contribution in [3.8, 4) is 5.75 Å². The number of aryl methyl sites for hydroxylation is 1. The Hall–Kier alpha value is -1.99. The van der Waals surface area contributed by atoms with Gasteiger partial charge in [0.2, 0.25) is 0 Å². The summed E-state index contributed by atoms with van der Waals surface area (Å²) in [4.78, 5) is 0. The molecule has 0 aliphatic rings. The van der Waals surface area contributed by atoms with E-state index < -0.39 is 0 Å². The smallest absolute Gasteiger partial charge is 0.119 e. The van der Waals surface area contributed by atoms with Crippen molar-refractivity contribution in [2.75, 3.05) is 7.11 Å². The van der Waals surface area contributed by atoms with Gasteiger partial charge >= 0.3 is 0 Å². The van der Waals surface area contributed by atoms with Crippen LogP contribution in [0, 0.1) is 6.92 Å². The maximum atomic E-state index is 6.77. The van der Waals surface area contributed by atoms with Gasteiger partial charge in [-0.25, -0.2) is 0 Å². The van der Waals surface area contributed by atoms with Gasteiger partial charge in [-0.15, -0.1) is 11.6 Å². The third kappa shape index (κ3) is 2.62. The van der Waals surface area contributed by atoms with Crippen LogP contribution in [-0.2, 0) is 0 Å². The lowest BCUT2D eigenvalue weighted by Crippen LogP contribution is -1.98. The standard InChI is InChI=1S/C19H17ClO/c1-13-12-15(21-2)10-11-16(13)19(20)18-9-5-7-14-6-3-4-8-17(14)18/h3-12,19H,1-2H3. The minimum atomic E-state index is -0.165. The highest BCUT2D eigenvalue weighted by molar-refractivity contribution is 6.23. The lowest BCUT2D eigenvalue weighted by molar-refractivity contribution is 0.414. The van der Waals surface area contributed by atoms with Crippen molar-refractivity contribution in [3.05, 3.63) is 77.4 Å². The van der Waals surface area contributed by atoms with Crippen LogP contribution in [0.15, 0.2) is 60.7 Å². The van der Waals surface area contributed by atoms with Gasteiger partial charge in [0, 0.05) is 0 Å². The molecule has 0 fully saturated rings. The Morgan fingerprint density at radius 2 is 1.67 bits per heavy atom. The Bertz CT molecular complexity index is 774. The van der Waals surface area contributed by atoms with Crippen molar-refractivity contribution in [1.29, 1.82) is 0 Å². The number of hydrogen-bond acceptors (Lipinski definition) is 1. The molecule has 0 radical (unpaired) electrons. The molecule has 1 unspecified atom stereocenters. The number of alkyl halides is 1. The first kappa shape index (κ1) is 14.0. The van der Waals surface area contributed by atoms with Gasteiger partial charge in [0.1, 0.15) is 5.75 Å². The van der Waals surface area contributed by atoms with Crippen LogP contribution in [0.25, 0.3) is 10.8 Å². The van der Waals surface area contributed by atoms with Crippen LogP contribution in [0.4, 0.5) is 0 Å². The van der Waals surface area contributed by atoms with Gasteiger partial charge < -0.3 is 4.74 Å². The first-order valence-corrected chi connectivity index (χ1v) is 7.40. The van der Waals surface area contributed by atoms with Crippen LogP contribution in [0.2, 0.25) is 0 Å². The second kappa shape index (κ2) is 5.79. The normalized spacial score (nSPS) is 12.3. The van der Waals surface area contributed by atoms with Crippen LogP contribution >= 0.6 is 11.6 Å². The van der Waals surface area contributed by atoms with Gasteiger partial charge in [-0.1, -0.05) is 48.5 Å². The number of benzene rings is 3. The van der Waals surface area contributed by atoms with E-state index in [2.05, 4.69) is 43.3 Å². The molecule has 0 aromatic heterocycles. The zero-order chi connectivity index (χ0) is 14.8. The summed E-state index contributed by atoms with van der Waals surface area (Å²) in [6.45, 7) is 2.07. The first-order chi connectivity index (χ1) is 10.2. The van der Waals surface area contributed by atoms with E-state index in [4.69, 9.17) is 16.3 Å². The van der Waals surface area contributed by atoms with Gasteiger partial charge in [0.05, 0.1) is 12.5 Å². The predicted octanol–water partition coefficient (Wildman–Crippen LogP) is 5.49. The maximum Gasteiger partial charge on any atom is 0.119 e. The summed E-state index contributed by atoms with van der Waals surface area (Å²) in [6.07, 6.45) is 0. The SMILES string of the molecule is COc1ccc(C(Cl)c2cccc3ccccc23)c(C)c1. The van der Waals surface area contributed by atoms with Crippen molar-refractivity contribution in [3.63, 3.8) is 0 Å². The average Bonchev–Trinajstić information content (AvgIpc) is 2.53. The molecule has 3 rings (SSSR count). The summed E-state index contributed by atoms with van der Waals surface area (Å²) >= 11 is 6.77. The topological polar surface area (TPSA) is 9.23 Å². The Morgan fingerprint density at radius 3 is 2.43 bits per heavy atom. The molecule has 0 amide bonds. The zero-order valence-corrected chi connectivity index (χ0v) is 12.9. The van der Waals surface area contributed by atoms with Crippen molar-refractivity contribution in [1.82, 2.24) is 0 Å². The van der Waals surface area contributed by atoms with Gasteiger partial charge in [-0.2, -0.15) is 0 Å². The number of methoxy groups -OCH3 is 1. The van der Waals surface area contributed by atoms with E-state index >= 15 is 0 Å². The number of ether oxygens (including phenoxy) is 1. The highest BCUT2D eigenvalue weighted by Gasteiger charge is 2.16. The van der Waals surface area contributed by atoms with E-state index in [0.717, 1.165) is 22.4 Å². The third-order valence-electron chi connectivity index (χ3n) is 3.85. The molecular weight excluding hydrogens is 280 g/mol. The summed E-state index contributed by atoms with van der Waals surface area (Å²) in [5, 5.41) is 2.25. The second-order valence-corrected chi connectivity index (χ2v) is 5.59. The van der Waals surface area contributed by atoms with Crippen molar-refractivity contribution >= 4 is 22.4 Å². The average molecular weight is 297 g/mol.